The Hall–Kier alpha value is -0.740. The Labute approximate surface area is 94.2 Å². The molecule has 0 amide bonds. The summed E-state index contributed by atoms with van der Waals surface area (Å²) < 4.78 is 18.9. The Kier molecular flexibility index (Phi) is 5.50. The number of hydrogen-bond donors (Lipinski definition) is 1. The topological polar surface area (TPSA) is 21.3 Å². The van der Waals surface area contributed by atoms with Gasteiger partial charge >= 0.3 is 0 Å². The number of benzene rings is 1. The highest BCUT2D eigenvalue weighted by Gasteiger charge is 2.08. The van der Waals surface area contributed by atoms with E-state index in [-0.39, 0.29) is 5.82 Å². The molecule has 0 bridgehead atoms. The summed E-state index contributed by atoms with van der Waals surface area (Å²) in [5.74, 6) is 0.956. The van der Waals surface area contributed by atoms with Gasteiger partial charge in [-0.1, -0.05) is 12.1 Å². The van der Waals surface area contributed by atoms with Crippen molar-refractivity contribution in [2.24, 2.45) is 0 Å². The van der Waals surface area contributed by atoms with Crippen LogP contribution >= 0.6 is 11.8 Å². The Balaban J connectivity index is 2.72. The summed E-state index contributed by atoms with van der Waals surface area (Å²) in [5.41, 5.74) is 0.860. The molecule has 0 saturated carbocycles. The van der Waals surface area contributed by atoms with Gasteiger partial charge in [0.1, 0.15) is 0 Å². The quantitative estimate of drug-likeness (QED) is 0.756. The average Bonchev–Trinajstić information content (AvgIpc) is 2.23. The second-order valence-corrected chi connectivity index (χ2v) is 4.09. The third-order valence-corrected chi connectivity index (χ3v) is 2.52. The maximum Gasteiger partial charge on any atom is 0.165 e. The normalized spacial score (nSPS) is 10.3. The number of hydrogen-bond acceptors (Lipinski definition) is 3. The van der Waals surface area contributed by atoms with Crippen LogP contribution in [0.3, 0.4) is 0 Å². The Morgan fingerprint density at radius 2 is 2.27 bits per heavy atom. The lowest BCUT2D eigenvalue weighted by Crippen LogP contribution is -2.10. The van der Waals surface area contributed by atoms with Crippen LogP contribution in [0.15, 0.2) is 18.2 Å². The van der Waals surface area contributed by atoms with Crippen LogP contribution in [0.25, 0.3) is 0 Å². The minimum absolute atomic E-state index is 0.288. The Morgan fingerprint density at radius 1 is 1.47 bits per heavy atom. The molecule has 0 atom stereocenters. The van der Waals surface area contributed by atoms with Crippen molar-refractivity contribution in [1.82, 2.24) is 5.32 Å². The second kappa shape index (κ2) is 6.69. The van der Waals surface area contributed by atoms with Crippen molar-refractivity contribution in [2.75, 3.05) is 25.7 Å². The standard InChI is InChI=1S/C11H16FNOS/c1-13-8-9-4-3-5-10(12)11(9)14-6-7-15-2/h3-5,13H,6-8H2,1-2H3. The lowest BCUT2D eigenvalue weighted by atomic mass is 10.2. The van der Waals surface area contributed by atoms with Gasteiger partial charge in [0.05, 0.1) is 6.61 Å². The molecule has 1 aromatic carbocycles. The first-order valence-electron chi connectivity index (χ1n) is 4.83. The summed E-state index contributed by atoms with van der Waals surface area (Å²) in [7, 11) is 1.83. The van der Waals surface area contributed by atoms with E-state index in [4.69, 9.17) is 4.74 Å². The van der Waals surface area contributed by atoms with Gasteiger partial charge in [-0.3, -0.25) is 0 Å². The average molecular weight is 229 g/mol. The van der Waals surface area contributed by atoms with E-state index < -0.39 is 0 Å². The number of halogens is 1. The minimum Gasteiger partial charge on any atom is -0.489 e. The molecule has 0 aromatic heterocycles. The van der Waals surface area contributed by atoms with Crippen molar-refractivity contribution < 1.29 is 9.13 Å². The van der Waals surface area contributed by atoms with Crippen molar-refractivity contribution in [3.05, 3.63) is 29.6 Å². The number of nitrogens with one attached hydrogen (secondary N) is 1. The highest BCUT2D eigenvalue weighted by atomic mass is 32.2. The molecule has 0 spiro atoms. The lowest BCUT2D eigenvalue weighted by Gasteiger charge is -2.11. The lowest BCUT2D eigenvalue weighted by molar-refractivity contribution is 0.320. The fourth-order valence-electron chi connectivity index (χ4n) is 1.27. The fraction of sp³-hybridized carbons (Fsp3) is 0.455. The first kappa shape index (κ1) is 12.3. The molecule has 15 heavy (non-hydrogen) atoms. The predicted molar refractivity (Wildman–Crippen MR) is 63.0 cm³/mol. The first-order valence-corrected chi connectivity index (χ1v) is 6.22. The van der Waals surface area contributed by atoms with E-state index in [1.807, 2.05) is 19.4 Å². The monoisotopic (exact) mass is 229 g/mol. The smallest absolute Gasteiger partial charge is 0.165 e. The third kappa shape index (κ3) is 3.72. The molecule has 0 saturated heterocycles. The van der Waals surface area contributed by atoms with Crippen LogP contribution in [0.5, 0.6) is 5.75 Å². The fourth-order valence-corrected chi connectivity index (χ4v) is 1.52. The van der Waals surface area contributed by atoms with E-state index in [1.54, 1.807) is 17.8 Å². The van der Waals surface area contributed by atoms with E-state index in [9.17, 15) is 4.39 Å². The highest BCUT2D eigenvalue weighted by Crippen LogP contribution is 2.22. The SMILES string of the molecule is CNCc1cccc(F)c1OCCSC. The van der Waals surface area contributed by atoms with Gasteiger partial charge in [-0.2, -0.15) is 11.8 Å². The number of rotatable bonds is 6. The number of thioether (sulfide) groups is 1. The molecular weight excluding hydrogens is 213 g/mol. The maximum atomic E-state index is 13.4. The first-order chi connectivity index (χ1) is 7.29. The van der Waals surface area contributed by atoms with Crippen LogP contribution in [0, 0.1) is 5.82 Å². The summed E-state index contributed by atoms with van der Waals surface area (Å²) in [4.78, 5) is 0. The van der Waals surface area contributed by atoms with Crippen LogP contribution in [-0.4, -0.2) is 25.7 Å². The molecule has 1 aromatic rings. The van der Waals surface area contributed by atoms with Crippen LogP contribution in [-0.2, 0) is 6.54 Å². The molecule has 0 aliphatic carbocycles. The van der Waals surface area contributed by atoms with Gasteiger partial charge in [0.25, 0.3) is 0 Å². The van der Waals surface area contributed by atoms with Gasteiger partial charge in [0, 0.05) is 17.9 Å². The summed E-state index contributed by atoms with van der Waals surface area (Å²) in [5, 5.41) is 2.99. The molecule has 2 nitrogen and oxygen atoms in total. The Morgan fingerprint density at radius 3 is 2.93 bits per heavy atom. The van der Waals surface area contributed by atoms with Crippen LogP contribution in [0.4, 0.5) is 4.39 Å². The molecule has 0 aliphatic rings. The molecule has 0 heterocycles. The van der Waals surface area contributed by atoms with Gasteiger partial charge in [0.15, 0.2) is 11.6 Å². The summed E-state index contributed by atoms with van der Waals surface area (Å²) >= 11 is 1.68. The van der Waals surface area contributed by atoms with Crippen LogP contribution in [0.1, 0.15) is 5.56 Å². The van der Waals surface area contributed by atoms with E-state index in [2.05, 4.69) is 5.32 Å². The molecule has 1 rings (SSSR count). The Bertz CT molecular complexity index is 307. The molecule has 0 aliphatic heterocycles. The van der Waals surface area contributed by atoms with Crippen molar-refractivity contribution in [2.45, 2.75) is 6.54 Å². The zero-order valence-electron chi connectivity index (χ0n) is 9.05. The van der Waals surface area contributed by atoms with Gasteiger partial charge in [-0.15, -0.1) is 0 Å². The molecule has 0 unspecified atom stereocenters. The molecule has 4 heteroatoms. The zero-order chi connectivity index (χ0) is 11.1. The zero-order valence-corrected chi connectivity index (χ0v) is 9.86. The third-order valence-electron chi connectivity index (χ3n) is 1.95. The van der Waals surface area contributed by atoms with E-state index in [0.29, 0.717) is 18.9 Å². The molecule has 1 N–H and O–H groups in total. The van der Waals surface area contributed by atoms with Crippen molar-refractivity contribution in [1.29, 1.82) is 0 Å². The molecular formula is C11H16FNOS. The second-order valence-electron chi connectivity index (χ2n) is 3.10. The number of para-hydroxylation sites is 1. The predicted octanol–water partition coefficient (Wildman–Crippen LogP) is 2.29. The largest absolute Gasteiger partial charge is 0.489 e. The molecule has 84 valence electrons. The van der Waals surface area contributed by atoms with Gasteiger partial charge in [-0.25, -0.2) is 4.39 Å². The maximum absolute atomic E-state index is 13.4. The van der Waals surface area contributed by atoms with Gasteiger partial charge < -0.3 is 10.1 Å². The van der Waals surface area contributed by atoms with E-state index in [0.717, 1.165) is 11.3 Å². The van der Waals surface area contributed by atoms with E-state index in [1.165, 1.54) is 6.07 Å². The highest BCUT2D eigenvalue weighted by molar-refractivity contribution is 7.98. The molecule has 0 fully saturated rings. The summed E-state index contributed by atoms with van der Waals surface area (Å²) in [6.45, 7) is 1.16. The van der Waals surface area contributed by atoms with Crippen LogP contribution in [0.2, 0.25) is 0 Å². The van der Waals surface area contributed by atoms with Crippen molar-refractivity contribution >= 4 is 11.8 Å². The summed E-state index contributed by atoms with van der Waals surface area (Å²) in [6.07, 6.45) is 2.00. The minimum atomic E-state index is -0.288. The molecule has 0 radical (unpaired) electrons. The van der Waals surface area contributed by atoms with Crippen LogP contribution < -0.4 is 10.1 Å². The summed E-state index contributed by atoms with van der Waals surface area (Å²) in [6, 6.07) is 4.99. The van der Waals surface area contributed by atoms with Gasteiger partial charge in [0.2, 0.25) is 0 Å². The van der Waals surface area contributed by atoms with Gasteiger partial charge in [-0.05, 0) is 19.4 Å². The number of ether oxygens (including phenoxy) is 1. The van der Waals surface area contributed by atoms with E-state index >= 15 is 0 Å². The van der Waals surface area contributed by atoms with Crippen molar-refractivity contribution in [3.8, 4) is 5.75 Å². The van der Waals surface area contributed by atoms with Crippen molar-refractivity contribution in [3.63, 3.8) is 0 Å².